The predicted molar refractivity (Wildman–Crippen MR) is 487 cm³/mol. The summed E-state index contributed by atoms with van der Waals surface area (Å²) in [7, 11) is 5.16. The number of para-hydroxylation sites is 2. The van der Waals surface area contributed by atoms with Crippen LogP contribution in [0.1, 0.15) is 106 Å². The fourth-order valence-electron chi connectivity index (χ4n) is 16.5. The number of benzene rings is 5. The van der Waals surface area contributed by atoms with Gasteiger partial charge in [0.2, 0.25) is 76.8 Å². The number of ether oxygens (including phenoxy) is 6. The van der Waals surface area contributed by atoms with Crippen LogP contribution >= 0.6 is 21.6 Å². The number of hydrogen-bond donors (Lipinski definition) is 17. The minimum atomic E-state index is -1.84. The number of fused-ring (bicyclic) bond motifs is 13. The number of nitrogens with zero attached hydrogens (tertiary/aromatic N) is 3. The number of carbonyl (C=O) groups excluding carboxylic acids is 14. The summed E-state index contributed by atoms with van der Waals surface area (Å²) in [6.45, 7) is 6.20. The van der Waals surface area contributed by atoms with Gasteiger partial charge in [0.1, 0.15) is 67.8 Å². The smallest absolute Gasteiger partial charge is 0.252 e. The summed E-state index contributed by atoms with van der Waals surface area (Å²) in [6.07, 6.45) is -2.06. The summed E-state index contributed by atoms with van der Waals surface area (Å²) >= 11 is 0. The van der Waals surface area contributed by atoms with Gasteiger partial charge in [-0.2, -0.15) is 0 Å². The van der Waals surface area contributed by atoms with Gasteiger partial charge >= 0.3 is 0 Å². The quantitative estimate of drug-likeness (QED) is 0.0103. The molecule has 0 radical (unpaired) electrons. The van der Waals surface area contributed by atoms with Crippen LogP contribution in [0, 0.1) is 11.3 Å². The minimum absolute atomic E-state index is 0.0368. The second kappa shape index (κ2) is 47.7. The lowest BCUT2D eigenvalue weighted by Gasteiger charge is -2.50. The number of rotatable bonds is 37. The van der Waals surface area contributed by atoms with Crippen LogP contribution in [0.3, 0.4) is 0 Å². The van der Waals surface area contributed by atoms with E-state index in [1.54, 1.807) is 93.6 Å². The lowest BCUT2D eigenvalue weighted by molar-refractivity contribution is -0.266. The molecule has 6 heterocycles. The third kappa shape index (κ3) is 26.0. The van der Waals surface area contributed by atoms with E-state index < -0.39 is 170 Å². The van der Waals surface area contributed by atoms with Crippen LogP contribution in [0.5, 0.6) is 0 Å². The highest BCUT2D eigenvalue weighted by atomic mass is 33.1. The molecule has 12 atom stereocenters. The SMILES string of the molecule is CO[C@@H]1[C@H](N(C)C(=O)CCC(=O)NCCCOCCOCCOCCCNC(=O)COCC(=O)N[C@H]2CSSC[C@@H](C(=O)NCC(N)=O)NC(=O)CNC(=O)[C@H](Cc3ccccc3)NC(=O)[C@H](C(C)C)NC(=O)[C@H](CCCNC(=N)N)NC(=O)[C@H](Cc3ccccc3)NC(=O)[C@H]([C@@H](C)O)NC2=O)C[C@H]2O[C@]1(C)n1c3ccccc3c3c4c(c5c6ccccc6n2c5c31)C(=O)NC4. The van der Waals surface area contributed by atoms with Crippen molar-refractivity contribution in [3.8, 4) is 0 Å². The van der Waals surface area contributed by atoms with Crippen LogP contribution < -0.4 is 80.6 Å². The Morgan fingerprint density at radius 3 is 1.78 bits per heavy atom. The number of carbonyl (C=O) groups is 14. The summed E-state index contributed by atoms with van der Waals surface area (Å²) in [5.41, 5.74) is 16.1. The van der Waals surface area contributed by atoms with Crippen molar-refractivity contribution in [3.63, 3.8) is 0 Å². The Kier molecular flexibility index (Phi) is 36.2. The van der Waals surface area contributed by atoms with Crippen molar-refractivity contribution >= 4 is 154 Å². The van der Waals surface area contributed by atoms with Gasteiger partial charge < -0.3 is 128 Å². The Bertz CT molecular complexity index is 5300. The Labute approximate surface area is 763 Å². The first-order valence-electron chi connectivity index (χ1n) is 43.6. The molecule has 2 saturated heterocycles. The molecule has 0 spiro atoms. The molecule has 42 heteroatoms. The summed E-state index contributed by atoms with van der Waals surface area (Å²) in [5, 5.41) is 56.9. The molecule has 706 valence electrons. The normalized spacial score (nSPS) is 22.1. The number of aliphatic hydroxyl groups excluding tert-OH is 1. The minimum Gasteiger partial charge on any atom is -0.391 e. The van der Waals surface area contributed by atoms with Crippen LogP contribution in [-0.2, 0) is 116 Å². The molecule has 0 unspecified atom stereocenters. The Hall–Kier alpha value is -12.0. The highest BCUT2D eigenvalue weighted by Gasteiger charge is 2.55. The maximum atomic E-state index is 14.7. The second-order valence-electron chi connectivity index (χ2n) is 32.8. The number of amides is 14. The van der Waals surface area contributed by atoms with E-state index in [0.29, 0.717) is 55.6 Å². The van der Waals surface area contributed by atoms with Gasteiger partial charge in [-0.25, -0.2) is 0 Å². The fraction of sp³-hybridized carbons (Fsp3) is 0.494. The first-order valence-corrected chi connectivity index (χ1v) is 46.1. The van der Waals surface area contributed by atoms with Gasteiger partial charge in [-0.1, -0.05) is 132 Å². The number of aliphatic hydroxyl groups is 1. The number of methoxy groups -OCH3 is 1. The summed E-state index contributed by atoms with van der Waals surface area (Å²) in [4.78, 5) is 195. The van der Waals surface area contributed by atoms with Crippen molar-refractivity contribution < 1.29 is 101 Å². The monoisotopic (exact) mass is 1850 g/mol. The van der Waals surface area contributed by atoms with E-state index in [-0.39, 0.29) is 120 Å². The molecule has 40 nitrogen and oxygen atoms in total. The van der Waals surface area contributed by atoms with E-state index >= 15 is 0 Å². The first-order chi connectivity index (χ1) is 63.0. The van der Waals surface area contributed by atoms with E-state index in [2.05, 4.69) is 90.4 Å². The number of aromatic nitrogens is 2. The number of hydrogen-bond acceptors (Lipinski definition) is 24. The summed E-state index contributed by atoms with van der Waals surface area (Å²) in [5.74, 6) is -12.2. The maximum absolute atomic E-state index is 14.7. The van der Waals surface area contributed by atoms with E-state index in [4.69, 9.17) is 45.3 Å². The van der Waals surface area contributed by atoms with Crippen LogP contribution in [0.4, 0.5) is 0 Å². The molecule has 2 aromatic heterocycles. The molecule has 11 rings (SSSR count). The van der Waals surface area contributed by atoms with E-state index in [9.17, 15) is 72.2 Å². The molecule has 131 heavy (non-hydrogen) atoms. The van der Waals surface area contributed by atoms with Crippen molar-refractivity contribution in [2.24, 2.45) is 17.4 Å². The molecule has 2 bridgehead atoms. The Morgan fingerprint density at radius 2 is 1.15 bits per heavy atom. The van der Waals surface area contributed by atoms with Crippen molar-refractivity contribution in [1.82, 2.24) is 83.2 Å². The predicted octanol–water partition coefficient (Wildman–Crippen LogP) is -0.256. The Balaban J connectivity index is 0.620. The molecule has 4 aliphatic heterocycles. The lowest BCUT2D eigenvalue weighted by atomic mass is 9.91. The largest absolute Gasteiger partial charge is 0.391 e. The number of primary amides is 1. The van der Waals surface area contributed by atoms with Gasteiger partial charge in [-0.15, -0.1) is 0 Å². The van der Waals surface area contributed by atoms with Crippen LogP contribution in [0.2, 0.25) is 0 Å². The molecule has 5 aromatic carbocycles. The highest BCUT2D eigenvalue weighted by molar-refractivity contribution is 8.76. The standard InChI is InChI=1S/C89H117N19O21S2/c1-50(2)75-86(122)102-58(40-52-20-9-7-10-21-52)80(116)98-45-67(112)99-60(81(117)97-44-65(90)110)48-130-131-49-61(84(120)105-76(51(3)109)87(123)103-59(41-53-22-11-8-12-23-53)83(119)101-57(82(118)104-75)26-17-31-95-88(91)92)100-69(114)47-128-46-68(113)94-33-19-35-126-37-39-127-38-36-125-34-18-32-93-66(111)29-30-70(115)106(5)64-42-71-107-62-27-15-13-24-54(62)73-74-56(43-96-85(74)121)72-55-25-14-16-28-63(55)108(78(72)77(73)107)89(4,129-71)79(64)124-6/h7-16,20-25,27-28,50-51,57-61,64,71,75-76,79,109H,17-19,26,29-49H2,1-6H3,(H2,90,110)(H,93,111)(H,94,113)(H,96,121)(H,97,117)(H,98,116)(H,99,112)(H,100,114)(H,101,119)(H,102,122)(H,103,123)(H,104,118)(H,105,120)(H4,91,92,95)/t51-,57+,58+,59+,60+,61+,64-,71-,75+,76+,79-,89+/m1/s1. The fourth-order valence-corrected chi connectivity index (χ4v) is 18.9. The molecule has 0 aliphatic carbocycles. The van der Waals surface area contributed by atoms with Gasteiger partial charge in [0, 0.05) is 119 Å². The number of nitrogens with one attached hydrogen (secondary N) is 14. The average molecular weight is 1850 g/mol. The topological polar surface area (TPSA) is 560 Å². The Morgan fingerprint density at radius 1 is 0.595 bits per heavy atom. The van der Waals surface area contributed by atoms with Crippen molar-refractivity contribution in [1.29, 1.82) is 5.41 Å². The molecule has 4 aliphatic rings. The molecular weight excluding hydrogens is 1740 g/mol. The number of guanidine groups is 1. The van der Waals surface area contributed by atoms with E-state index in [0.717, 1.165) is 70.8 Å². The van der Waals surface area contributed by atoms with Crippen LogP contribution in [0.15, 0.2) is 109 Å². The van der Waals surface area contributed by atoms with Gasteiger partial charge in [0.15, 0.2) is 11.7 Å². The van der Waals surface area contributed by atoms with Crippen LogP contribution in [-0.4, -0.2) is 280 Å². The van der Waals surface area contributed by atoms with Gasteiger partial charge in [-0.05, 0) is 74.3 Å². The lowest BCUT2D eigenvalue weighted by Crippen LogP contribution is -2.62. The molecule has 19 N–H and O–H groups in total. The number of likely N-dealkylation sites (N-methyl/N-ethyl adjacent to an activating group) is 1. The zero-order valence-electron chi connectivity index (χ0n) is 73.9. The molecule has 14 amide bonds. The molecule has 2 fully saturated rings. The van der Waals surface area contributed by atoms with Crippen molar-refractivity contribution in [2.45, 2.75) is 165 Å². The summed E-state index contributed by atoms with van der Waals surface area (Å²) < 4.78 is 40.5. The number of nitrogens with two attached hydrogens (primary N) is 2. The maximum Gasteiger partial charge on any atom is 0.252 e. The third-order valence-corrected chi connectivity index (χ3v) is 25.3. The van der Waals surface area contributed by atoms with E-state index in [1.165, 1.54) is 6.92 Å². The second-order valence-corrected chi connectivity index (χ2v) is 35.3. The molecule has 0 saturated carbocycles. The van der Waals surface area contributed by atoms with E-state index in [1.807, 2.05) is 43.3 Å². The zero-order valence-corrected chi connectivity index (χ0v) is 75.6. The van der Waals surface area contributed by atoms with Gasteiger partial charge in [-0.3, -0.25) is 72.5 Å². The van der Waals surface area contributed by atoms with Crippen LogP contribution in [0.25, 0.3) is 43.6 Å². The summed E-state index contributed by atoms with van der Waals surface area (Å²) in [6, 6.07) is 22.0. The zero-order chi connectivity index (χ0) is 94.0. The highest BCUT2D eigenvalue weighted by Crippen LogP contribution is 2.54. The third-order valence-electron chi connectivity index (χ3n) is 22.9. The van der Waals surface area contributed by atoms with Gasteiger partial charge in [0.25, 0.3) is 5.91 Å². The van der Waals surface area contributed by atoms with Crippen molar-refractivity contribution in [3.05, 3.63) is 131 Å². The van der Waals surface area contributed by atoms with Gasteiger partial charge in [0.05, 0.1) is 79.3 Å². The first kappa shape index (κ1) is 99.5. The molecule has 7 aromatic rings. The molecular formula is C89H117N19O21S2. The average Bonchev–Trinajstić information content (AvgIpc) is 1.50. The van der Waals surface area contributed by atoms with Crippen molar-refractivity contribution in [2.75, 3.05) is 111 Å².